The number of aryl methyl sites for hydroxylation is 4. The SMILES string of the molecule is Nc1c(N)c(-c2cc3c4c(c2)CCCN4CCC3)c2nsnc2c1-c1cc2c3c(c1)CCCN3CCC2. The molecule has 4 aliphatic rings. The van der Waals surface area contributed by atoms with Gasteiger partial charge in [-0.1, -0.05) is 0 Å². The average molecular weight is 509 g/mol. The number of hydrogen-bond acceptors (Lipinski definition) is 7. The molecule has 0 spiro atoms. The van der Waals surface area contributed by atoms with E-state index >= 15 is 0 Å². The second kappa shape index (κ2) is 8.09. The van der Waals surface area contributed by atoms with Crippen LogP contribution in [0.2, 0.25) is 0 Å². The van der Waals surface area contributed by atoms with Crippen molar-refractivity contribution in [2.75, 3.05) is 47.4 Å². The van der Waals surface area contributed by atoms with Crippen molar-refractivity contribution in [2.45, 2.75) is 51.4 Å². The highest BCUT2D eigenvalue weighted by molar-refractivity contribution is 7.00. The zero-order valence-corrected chi connectivity index (χ0v) is 22.0. The van der Waals surface area contributed by atoms with Crippen molar-refractivity contribution in [3.05, 3.63) is 46.5 Å². The topological polar surface area (TPSA) is 84.3 Å². The second-order valence-electron chi connectivity index (χ2n) is 11.2. The molecule has 0 saturated heterocycles. The molecule has 0 unspecified atom stereocenters. The zero-order chi connectivity index (χ0) is 24.7. The number of nitrogens with zero attached hydrogens (tertiary/aromatic N) is 4. The normalized spacial score (nSPS) is 18.2. The molecule has 0 aliphatic carbocycles. The maximum absolute atomic E-state index is 6.92. The third-order valence-electron chi connectivity index (χ3n) is 9.03. The summed E-state index contributed by atoms with van der Waals surface area (Å²) in [6.07, 6.45) is 9.30. The van der Waals surface area contributed by atoms with Crippen molar-refractivity contribution in [1.29, 1.82) is 0 Å². The third kappa shape index (κ3) is 3.16. The average Bonchev–Trinajstić information content (AvgIpc) is 3.39. The van der Waals surface area contributed by atoms with E-state index in [1.807, 2.05) is 0 Å². The molecule has 4 aliphatic heterocycles. The monoisotopic (exact) mass is 508 g/mol. The summed E-state index contributed by atoms with van der Waals surface area (Å²) in [4.78, 5) is 5.15. The van der Waals surface area contributed by atoms with Crippen LogP contribution >= 0.6 is 11.7 Å². The van der Waals surface area contributed by atoms with Crippen LogP contribution in [-0.2, 0) is 25.7 Å². The molecule has 0 atom stereocenters. The highest BCUT2D eigenvalue weighted by Gasteiger charge is 2.29. The van der Waals surface area contributed by atoms with Crippen LogP contribution in [0.4, 0.5) is 22.7 Å². The lowest BCUT2D eigenvalue weighted by Gasteiger charge is -2.37. The molecule has 37 heavy (non-hydrogen) atoms. The van der Waals surface area contributed by atoms with Gasteiger partial charge >= 0.3 is 0 Å². The molecule has 8 rings (SSSR count). The van der Waals surface area contributed by atoms with Gasteiger partial charge in [0.25, 0.3) is 0 Å². The van der Waals surface area contributed by atoms with Gasteiger partial charge in [-0.15, -0.1) is 0 Å². The molecular weight excluding hydrogens is 476 g/mol. The van der Waals surface area contributed by atoms with E-state index in [0.717, 1.165) is 59.0 Å². The Kier molecular flexibility index (Phi) is 4.75. The van der Waals surface area contributed by atoms with Gasteiger partial charge in [0.15, 0.2) is 0 Å². The molecule has 0 saturated carbocycles. The van der Waals surface area contributed by atoms with Crippen molar-refractivity contribution >= 4 is 45.5 Å². The number of nitrogen functional groups attached to an aromatic ring is 2. The molecule has 5 heterocycles. The quantitative estimate of drug-likeness (QED) is 0.344. The molecule has 1 aromatic heterocycles. The number of anilines is 4. The number of aromatic nitrogens is 2. The fourth-order valence-corrected chi connectivity index (χ4v) is 8.08. The van der Waals surface area contributed by atoms with E-state index in [1.54, 1.807) is 0 Å². The van der Waals surface area contributed by atoms with Gasteiger partial charge in [0.2, 0.25) is 0 Å². The summed E-state index contributed by atoms with van der Waals surface area (Å²) in [6, 6.07) is 9.38. The van der Waals surface area contributed by atoms with Crippen LogP contribution in [0.3, 0.4) is 0 Å². The molecule has 4 N–H and O–H groups in total. The van der Waals surface area contributed by atoms with E-state index in [4.69, 9.17) is 20.2 Å². The van der Waals surface area contributed by atoms with Gasteiger partial charge in [-0.3, -0.25) is 0 Å². The van der Waals surface area contributed by atoms with Gasteiger partial charge in [0.1, 0.15) is 11.0 Å². The molecule has 188 valence electrons. The summed E-state index contributed by atoms with van der Waals surface area (Å²) in [5, 5.41) is 0. The molecule has 6 nitrogen and oxygen atoms in total. The Labute approximate surface area is 221 Å². The highest BCUT2D eigenvalue weighted by atomic mass is 32.1. The van der Waals surface area contributed by atoms with E-state index in [0.29, 0.717) is 11.4 Å². The summed E-state index contributed by atoms with van der Waals surface area (Å²) in [7, 11) is 0. The van der Waals surface area contributed by atoms with Crippen LogP contribution < -0.4 is 21.3 Å². The third-order valence-corrected chi connectivity index (χ3v) is 9.56. The van der Waals surface area contributed by atoms with Crippen LogP contribution in [0.5, 0.6) is 0 Å². The molecule has 7 heteroatoms. The maximum atomic E-state index is 6.92. The van der Waals surface area contributed by atoms with Crippen molar-refractivity contribution in [3.63, 3.8) is 0 Å². The first-order chi connectivity index (χ1) is 18.2. The molecular formula is C30H32N6S. The molecule has 0 fully saturated rings. The molecule has 4 aromatic rings. The van der Waals surface area contributed by atoms with E-state index < -0.39 is 0 Å². The van der Waals surface area contributed by atoms with Gasteiger partial charge in [-0.25, -0.2) is 0 Å². The number of hydrogen-bond donors (Lipinski definition) is 2. The number of rotatable bonds is 2. The van der Waals surface area contributed by atoms with E-state index in [2.05, 4.69) is 34.1 Å². The predicted octanol–water partition coefficient (Wildman–Crippen LogP) is 5.59. The van der Waals surface area contributed by atoms with Gasteiger partial charge in [0, 0.05) is 48.7 Å². The Morgan fingerprint density at radius 3 is 1.27 bits per heavy atom. The van der Waals surface area contributed by atoms with Gasteiger partial charge in [0.05, 0.1) is 23.1 Å². The van der Waals surface area contributed by atoms with Crippen molar-refractivity contribution in [3.8, 4) is 22.3 Å². The lowest BCUT2D eigenvalue weighted by atomic mass is 9.85. The van der Waals surface area contributed by atoms with Gasteiger partial charge < -0.3 is 21.3 Å². The van der Waals surface area contributed by atoms with Gasteiger partial charge in [-0.2, -0.15) is 8.75 Å². The highest BCUT2D eigenvalue weighted by Crippen LogP contribution is 2.48. The first kappa shape index (κ1) is 21.7. The standard InChI is InChI=1S/C30H32N6S/c31-25-23(21-13-17-5-1-9-35-10-2-6-18(14-21)29(17)35)27-28(34-37-33-27)24(26(25)32)22-15-19-7-3-11-36-12-4-8-20(16-22)30(19)36/h13-16H,1-12,31-32H2. The van der Waals surface area contributed by atoms with Crippen LogP contribution in [0.15, 0.2) is 24.3 Å². The summed E-state index contributed by atoms with van der Waals surface area (Å²) in [5.41, 5.74) is 29.8. The Hall–Kier alpha value is -3.32. The molecule has 0 amide bonds. The number of benzene rings is 3. The fraction of sp³-hybridized carbons (Fsp3) is 0.400. The van der Waals surface area contributed by atoms with Gasteiger partial charge in [-0.05, 0) is 109 Å². The van der Waals surface area contributed by atoms with E-state index in [1.165, 1.54) is 97.2 Å². The lowest BCUT2D eigenvalue weighted by Crippen LogP contribution is -2.34. The summed E-state index contributed by atoms with van der Waals surface area (Å²) in [6.45, 7) is 4.68. The van der Waals surface area contributed by atoms with Crippen LogP contribution in [-0.4, -0.2) is 34.9 Å². The number of nitrogens with two attached hydrogens (primary N) is 2. The first-order valence-electron chi connectivity index (χ1n) is 13.8. The zero-order valence-electron chi connectivity index (χ0n) is 21.1. The van der Waals surface area contributed by atoms with Crippen molar-refractivity contribution in [1.82, 2.24) is 8.75 Å². The lowest BCUT2D eigenvalue weighted by molar-refractivity contribution is 0.634. The Morgan fingerprint density at radius 2 is 0.919 bits per heavy atom. The first-order valence-corrected chi connectivity index (χ1v) is 14.6. The Morgan fingerprint density at radius 1 is 0.568 bits per heavy atom. The second-order valence-corrected chi connectivity index (χ2v) is 11.7. The van der Waals surface area contributed by atoms with E-state index in [9.17, 15) is 0 Å². The smallest absolute Gasteiger partial charge is 0.115 e. The minimum Gasteiger partial charge on any atom is -0.396 e. The van der Waals surface area contributed by atoms with Crippen molar-refractivity contribution < 1.29 is 0 Å². The predicted molar refractivity (Wildman–Crippen MR) is 155 cm³/mol. The summed E-state index contributed by atoms with van der Waals surface area (Å²) in [5.74, 6) is 0. The summed E-state index contributed by atoms with van der Waals surface area (Å²) < 4.78 is 9.62. The van der Waals surface area contributed by atoms with Crippen LogP contribution in [0.25, 0.3) is 33.3 Å². The largest absolute Gasteiger partial charge is 0.396 e. The van der Waals surface area contributed by atoms with Crippen LogP contribution in [0.1, 0.15) is 47.9 Å². The molecule has 0 radical (unpaired) electrons. The minimum absolute atomic E-state index is 0.638. The minimum atomic E-state index is 0.638. The maximum Gasteiger partial charge on any atom is 0.115 e. The van der Waals surface area contributed by atoms with E-state index in [-0.39, 0.29) is 0 Å². The molecule has 3 aromatic carbocycles. The summed E-state index contributed by atoms with van der Waals surface area (Å²) >= 11 is 1.26. The van der Waals surface area contributed by atoms with Crippen LogP contribution in [0, 0.1) is 0 Å². The number of fused-ring (bicyclic) bond motifs is 1. The fourth-order valence-electron chi connectivity index (χ4n) is 7.52. The molecule has 0 bridgehead atoms. The van der Waals surface area contributed by atoms with Crippen molar-refractivity contribution in [2.24, 2.45) is 0 Å². The Bertz CT molecular complexity index is 1410. The Balaban J connectivity index is 1.34.